The van der Waals surface area contributed by atoms with Gasteiger partial charge in [-0.15, -0.1) is 0 Å². The number of methoxy groups -OCH3 is 2. The molecule has 0 saturated carbocycles. The number of β-amino-alcohol motifs (C(OH)–C–C–N with tert-alkyl or cyclic N) is 1. The maximum absolute atomic E-state index is 10.4. The first-order chi connectivity index (χ1) is 12.6. The van der Waals surface area contributed by atoms with E-state index in [1.54, 1.807) is 14.2 Å². The average molecular weight is 393 g/mol. The van der Waals surface area contributed by atoms with Crippen LogP contribution in [0, 0.1) is 0 Å². The van der Waals surface area contributed by atoms with E-state index in [1.165, 1.54) is 11.1 Å². The van der Waals surface area contributed by atoms with E-state index in [0.29, 0.717) is 6.54 Å². The van der Waals surface area contributed by atoms with Gasteiger partial charge in [0.05, 0.1) is 14.2 Å². The quantitative estimate of drug-likeness (QED) is 0.722. The molecule has 27 heavy (non-hydrogen) atoms. The minimum Gasteiger partial charge on any atom is -1.00 e. The summed E-state index contributed by atoms with van der Waals surface area (Å²) in [5.74, 6) is 2.29. The average Bonchev–Trinajstić information content (AvgIpc) is 2.68. The van der Waals surface area contributed by atoms with Gasteiger partial charge in [0.15, 0.2) is 11.5 Å². The predicted octanol–water partition coefficient (Wildman–Crippen LogP) is 0.0668. The summed E-state index contributed by atoms with van der Waals surface area (Å²) in [6.07, 6.45) is 0.381. The number of aliphatic hydroxyl groups excluding tert-OH is 1. The van der Waals surface area contributed by atoms with Crippen LogP contribution in [0.2, 0.25) is 0 Å². The van der Waals surface area contributed by atoms with Gasteiger partial charge in [-0.25, -0.2) is 0 Å². The van der Waals surface area contributed by atoms with Crippen LogP contribution in [0.25, 0.3) is 0 Å². The normalized spacial score (nSPS) is 17.4. The summed E-state index contributed by atoms with van der Waals surface area (Å²) in [6, 6.07) is 13.9. The molecule has 0 spiro atoms. The van der Waals surface area contributed by atoms with Crippen LogP contribution in [-0.2, 0) is 6.42 Å². The topological polar surface area (TPSA) is 51.2 Å². The summed E-state index contributed by atoms with van der Waals surface area (Å²) in [5.41, 5.74) is 2.51. The lowest BCUT2D eigenvalue weighted by atomic mass is 9.92. The maximum Gasteiger partial charge on any atom is 0.161 e. The van der Waals surface area contributed by atoms with Gasteiger partial charge in [0.25, 0.3) is 0 Å². The highest BCUT2D eigenvalue weighted by atomic mass is 35.5. The molecule has 0 bridgehead atoms. The zero-order valence-corrected chi connectivity index (χ0v) is 16.8. The van der Waals surface area contributed by atoms with E-state index in [4.69, 9.17) is 14.2 Å². The minimum atomic E-state index is -0.542. The lowest BCUT2D eigenvalue weighted by molar-refractivity contribution is -0.00000803. The molecule has 0 aromatic heterocycles. The molecule has 0 fully saturated rings. The summed E-state index contributed by atoms with van der Waals surface area (Å²) in [5, 5.41) is 10.4. The Hall–Kier alpha value is -1.95. The number of hydrogen-bond acceptors (Lipinski definition) is 5. The number of halogens is 1. The number of fused-ring (bicyclic) bond motifs is 1. The first kappa shape index (κ1) is 21.4. The maximum atomic E-state index is 10.4. The fraction of sp³-hybridized carbons (Fsp3) is 0.429. The molecule has 2 aromatic carbocycles. The minimum absolute atomic E-state index is 0. The second-order valence-electron chi connectivity index (χ2n) is 6.60. The van der Waals surface area contributed by atoms with Crippen LogP contribution in [0.15, 0.2) is 42.5 Å². The molecule has 6 heteroatoms. The molecule has 2 atom stereocenters. The second kappa shape index (κ2) is 9.83. The van der Waals surface area contributed by atoms with E-state index in [1.807, 2.05) is 30.3 Å². The van der Waals surface area contributed by atoms with Crippen LogP contribution in [0.5, 0.6) is 17.2 Å². The zero-order valence-electron chi connectivity index (χ0n) is 16.0. The van der Waals surface area contributed by atoms with Crippen molar-refractivity contribution in [3.05, 3.63) is 53.6 Å². The van der Waals surface area contributed by atoms with Crippen molar-refractivity contribution in [2.75, 3.05) is 33.9 Å². The van der Waals surface area contributed by atoms with Crippen LogP contribution >= 0.6 is 0 Å². The second-order valence-corrected chi connectivity index (χ2v) is 6.60. The lowest BCUT2D eigenvalue weighted by Crippen LogP contribution is -3.00. The van der Waals surface area contributed by atoms with E-state index >= 15 is 0 Å². The molecule has 1 heterocycles. The van der Waals surface area contributed by atoms with Gasteiger partial charge in [-0.05, 0) is 48.7 Å². The van der Waals surface area contributed by atoms with Crippen molar-refractivity contribution in [1.82, 2.24) is 4.90 Å². The number of rotatable bonds is 7. The Kier molecular flexibility index (Phi) is 7.78. The third-order valence-corrected chi connectivity index (χ3v) is 4.94. The van der Waals surface area contributed by atoms with Gasteiger partial charge in [-0.3, -0.25) is 4.90 Å². The van der Waals surface area contributed by atoms with Gasteiger partial charge < -0.3 is 31.7 Å². The molecule has 0 amide bonds. The molecule has 5 nitrogen and oxygen atoms in total. The number of para-hydroxylation sites is 1. The molecule has 0 saturated heterocycles. The number of nitrogens with zero attached hydrogens (tertiary/aromatic N) is 1. The monoisotopic (exact) mass is 392 g/mol. The number of aliphatic hydroxyl groups is 1. The fourth-order valence-electron chi connectivity index (χ4n) is 3.48. The summed E-state index contributed by atoms with van der Waals surface area (Å²) in [7, 11) is 3.31. The Morgan fingerprint density at radius 1 is 1.11 bits per heavy atom. The molecule has 0 aliphatic carbocycles. The predicted molar refractivity (Wildman–Crippen MR) is 101 cm³/mol. The van der Waals surface area contributed by atoms with Crippen LogP contribution in [0.1, 0.15) is 24.1 Å². The third kappa shape index (κ3) is 5.06. The molecule has 1 aliphatic rings. The van der Waals surface area contributed by atoms with Crippen LogP contribution in [0.3, 0.4) is 0 Å². The standard InChI is InChI=1S/C21H27NO4.ClH/c1-15-19-12-21(25-3)20(24-2)11-16(19)9-10-22(15)13-17(23)14-26-18-7-5-4-6-8-18;/h4-8,11-12,15,17,23H,9-10,13-14H2,1-3H3;1H/p-1. The molecular formula is C21H27ClNO4-. The summed E-state index contributed by atoms with van der Waals surface area (Å²) in [4.78, 5) is 2.28. The first-order valence-electron chi connectivity index (χ1n) is 8.97. The highest BCUT2D eigenvalue weighted by molar-refractivity contribution is 5.49. The molecule has 2 aromatic rings. The van der Waals surface area contributed by atoms with E-state index in [0.717, 1.165) is 30.2 Å². The first-order valence-corrected chi connectivity index (χ1v) is 8.97. The Bertz CT molecular complexity index is 726. The Morgan fingerprint density at radius 3 is 2.44 bits per heavy atom. The molecular weight excluding hydrogens is 366 g/mol. The van der Waals surface area contributed by atoms with Crippen molar-refractivity contribution in [2.24, 2.45) is 0 Å². The highest BCUT2D eigenvalue weighted by Crippen LogP contribution is 2.37. The lowest BCUT2D eigenvalue weighted by Gasteiger charge is -2.36. The summed E-state index contributed by atoms with van der Waals surface area (Å²) >= 11 is 0. The van der Waals surface area contributed by atoms with E-state index < -0.39 is 6.10 Å². The van der Waals surface area contributed by atoms with E-state index in [2.05, 4.69) is 24.0 Å². The number of benzene rings is 2. The summed E-state index contributed by atoms with van der Waals surface area (Å²) < 4.78 is 16.5. The number of ether oxygens (including phenoxy) is 3. The van der Waals surface area contributed by atoms with Crippen LogP contribution < -0.4 is 26.6 Å². The van der Waals surface area contributed by atoms with Crippen molar-refractivity contribution in [3.8, 4) is 17.2 Å². The molecule has 1 aliphatic heterocycles. The van der Waals surface area contributed by atoms with Crippen molar-refractivity contribution in [1.29, 1.82) is 0 Å². The highest BCUT2D eigenvalue weighted by Gasteiger charge is 2.27. The van der Waals surface area contributed by atoms with Crippen molar-refractivity contribution in [2.45, 2.75) is 25.5 Å². The molecule has 148 valence electrons. The third-order valence-electron chi connectivity index (χ3n) is 4.94. The van der Waals surface area contributed by atoms with Crippen molar-refractivity contribution in [3.63, 3.8) is 0 Å². The zero-order chi connectivity index (χ0) is 18.5. The van der Waals surface area contributed by atoms with Crippen molar-refractivity contribution < 1.29 is 31.7 Å². The van der Waals surface area contributed by atoms with Gasteiger partial charge in [-0.2, -0.15) is 0 Å². The smallest absolute Gasteiger partial charge is 0.161 e. The Balaban J connectivity index is 0.00000261. The summed E-state index contributed by atoms with van der Waals surface area (Å²) in [6.45, 7) is 3.91. The van der Waals surface area contributed by atoms with E-state index in [-0.39, 0.29) is 25.1 Å². The van der Waals surface area contributed by atoms with Crippen LogP contribution in [-0.4, -0.2) is 50.0 Å². The van der Waals surface area contributed by atoms with Gasteiger partial charge in [-0.1, -0.05) is 18.2 Å². The van der Waals surface area contributed by atoms with E-state index in [9.17, 15) is 5.11 Å². The molecule has 1 N–H and O–H groups in total. The SMILES string of the molecule is COc1cc2c(cc1OC)C(C)N(CC(O)COc1ccccc1)CC2.[Cl-]. The van der Waals surface area contributed by atoms with Gasteiger partial charge in [0.1, 0.15) is 18.5 Å². The molecule has 2 unspecified atom stereocenters. The Labute approximate surface area is 167 Å². The van der Waals surface area contributed by atoms with Crippen molar-refractivity contribution >= 4 is 0 Å². The van der Waals surface area contributed by atoms with Gasteiger partial charge in [0.2, 0.25) is 0 Å². The number of hydrogen-bond donors (Lipinski definition) is 1. The fourth-order valence-corrected chi connectivity index (χ4v) is 3.48. The molecule has 0 radical (unpaired) electrons. The Morgan fingerprint density at radius 2 is 1.78 bits per heavy atom. The van der Waals surface area contributed by atoms with Gasteiger partial charge >= 0.3 is 0 Å². The van der Waals surface area contributed by atoms with Crippen LogP contribution in [0.4, 0.5) is 0 Å². The largest absolute Gasteiger partial charge is 1.00 e. The van der Waals surface area contributed by atoms with Gasteiger partial charge in [0, 0.05) is 19.1 Å². The molecule has 3 rings (SSSR count).